The lowest BCUT2D eigenvalue weighted by Gasteiger charge is -1.99. The molecule has 2 nitrogen and oxygen atoms in total. The van der Waals surface area contributed by atoms with E-state index < -0.39 is 0 Å². The summed E-state index contributed by atoms with van der Waals surface area (Å²) in [4.78, 5) is 5.80. The third kappa shape index (κ3) is 2.76. The molecule has 0 unspecified atom stereocenters. The normalized spacial score (nSPS) is 10.9. The van der Waals surface area contributed by atoms with Gasteiger partial charge in [-0.3, -0.25) is 0 Å². The summed E-state index contributed by atoms with van der Waals surface area (Å²) in [6.07, 6.45) is 0. The Bertz CT molecular complexity index is 549. The van der Waals surface area contributed by atoms with Gasteiger partial charge in [0.1, 0.15) is 10.8 Å². The average molecular weight is 264 g/mol. The predicted molar refractivity (Wildman–Crippen MR) is 74.4 cm³/mol. The van der Waals surface area contributed by atoms with E-state index in [0.29, 0.717) is 5.56 Å². The van der Waals surface area contributed by atoms with Crippen molar-refractivity contribution in [1.29, 1.82) is 0 Å². The number of aryl methyl sites for hydroxylation is 2. The summed E-state index contributed by atoms with van der Waals surface area (Å²) in [5, 5.41) is 4.26. The smallest absolute Gasteiger partial charge is 0.126 e. The molecule has 1 N–H and O–H groups in total. The molecule has 1 aromatic heterocycles. The first kappa shape index (κ1) is 13.2. The molecule has 1 heterocycles. The van der Waals surface area contributed by atoms with Crippen molar-refractivity contribution in [2.24, 2.45) is 0 Å². The second-order valence-corrected chi connectivity index (χ2v) is 5.36. The first-order valence-corrected chi connectivity index (χ1v) is 6.87. The number of nitrogens with zero attached hydrogens (tertiary/aromatic N) is 1. The van der Waals surface area contributed by atoms with Gasteiger partial charge in [0.15, 0.2) is 0 Å². The van der Waals surface area contributed by atoms with Gasteiger partial charge >= 0.3 is 0 Å². The molecular weight excluding hydrogens is 247 g/mol. The number of thiazole rings is 1. The molecule has 0 fully saturated rings. The van der Waals surface area contributed by atoms with Crippen LogP contribution in [0.15, 0.2) is 18.2 Å². The predicted octanol–water partition coefficient (Wildman–Crippen LogP) is 3.68. The summed E-state index contributed by atoms with van der Waals surface area (Å²) < 4.78 is 13.2. The van der Waals surface area contributed by atoms with E-state index in [1.807, 2.05) is 13.0 Å². The standard InChI is InChI=1S/C14H17FN2S/c1-4-16-8-13-10(3)17-14(18-13)11-5-6-12(15)9(2)7-11/h5-7,16H,4,8H2,1-3H3. The molecule has 0 aliphatic carbocycles. The molecule has 0 bridgehead atoms. The number of hydrogen-bond donors (Lipinski definition) is 1. The lowest BCUT2D eigenvalue weighted by atomic mass is 10.1. The zero-order valence-corrected chi connectivity index (χ0v) is 11.7. The van der Waals surface area contributed by atoms with E-state index in [2.05, 4.69) is 17.2 Å². The maximum absolute atomic E-state index is 13.2. The summed E-state index contributed by atoms with van der Waals surface area (Å²) in [6, 6.07) is 5.15. The second kappa shape index (κ2) is 5.59. The summed E-state index contributed by atoms with van der Waals surface area (Å²) in [6.45, 7) is 7.67. The number of hydrogen-bond acceptors (Lipinski definition) is 3. The fourth-order valence-electron chi connectivity index (χ4n) is 1.73. The molecule has 0 aliphatic rings. The lowest BCUT2D eigenvalue weighted by Crippen LogP contribution is -2.11. The Morgan fingerprint density at radius 1 is 1.33 bits per heavy atom. The van der Waals surface area contributed by atoms with E-state index in [0.717, 1.165) is 29.4 Å². The Labute approximate surface area is 111 Å². The zero-order chi connectivity index (χ0) is 13.1. The van der Waals surface area contributed by atoms with Gasteiger partial charge < -0.3 is 5.32 Å². The Morgan fingerprint density at radius 3 is 2.78 bits per heavy atom. The van der Waals surface area contributed by atoms with Crippen LogP contribution in [-0.2, 0) is 6.54 Å². The lowest BCUT2D eigenvalue weighted by molar-refractivity contribution is 0.619. The van der Waals surface area contributed by atoms with Crippen LogP contribution in [0.1, 0.15) is 23.1 Å². The van der Waals surface area contributed by atoms with E-state index >= 15 is 0 Å². The number of benzene rings is 1. The Hall–Kier alpha value is -1.26. The number of halogens is 1. The van der Waals surface area contributed by atoms with Crippen LogP contribution in [-0.4, -0.2) is 11.5 Å². The van der Waals surface area contributed by atoms with Crippen molar-refractivity contribution in [3.63, 3.8) is 0 Å². The van der Waals surface area contributed by atoms with E-state index in [1.165, 1.54) is 10.9 Å². The minimum Gasteiger partial charge on any atom is -0.312 e. The summed E-state index contributed by atoms with van der Waals surface area (Å²) in [7, 11) is 0. The summed E-state index contributed by atoms with van der Waals surface area (Å²) in [5.74, 6) is -0.167. The van der Waals surface area contributed by atoms with Gasteiger partial charge in [-0.05, 0) is 44.2 Å². The maximum atomic E-state index is 13.2. The van der Waals surface area contributed by atoms with Crippen molar-refractivity contribution in [2.75, 3.05) is 6.54 Å². The van der Waals surface area contributed by atoms with Crippen molar-refractivity contribution in [1.82, 2.24) is 10.3 Å². The largest absolute Gasteiger partial charge is 0.312 e. The van der Waals surface area contributed by atoms with Gasteiger partial charge in [-0.2, -0.15) is 0 Å². The van der Waals surface area contributed by atoms with Crippen LogP contribution in [0.4, 0.5) is 4.39 Å². The third-order valence-corrected chi connectivity index (χ3v) is 4.04. The molecule has 18 heavy (non-hydrogen) atoms. The molecule has 0 atom stereocenters. The molecule has 0 saturated carbocycles. The molecule has 1 aromatic carbocycles. The van der Waals surface area contributed by atoms with Crippen LogP contribution >= 0.6 is 11.3 Å². The van der Waals surface area contributed by atoms with Gasteiger partial charge in [-0.25, -0.2) is 9.37 Å². The quantitative estimate of drug-likeness (QED) is 0.911. The van der Waals surface area contributed by atoms with Gasteiger partial charge in [-0.15, -0.1) is 11.3 Å². The van der Waals surface area contributed by atoms with Crippen LogP contribution < -0.4 is 5.32 Å². The van der Waals surface area contributed by atoms with Gasteiger partial charge in [0.05, 0.1) is 5.69 Å². The van der Waals surface area contributed by atoms with Crippen molar-refractivity contribution in [2.45, 2.75) is 27.3 Å². The van der Waals surface area contributed by atoms with Crippen LogP contribution in [0.3, 0.4) is 0 Å². The minimum atomic E-state index is -0.167. The molecule has 0 spiro atoms. The highest BCUT2D eigenvalue weighted by atomic mass is 32.1. The molecule has 0 aliphatic heterocycles. The molecule has 4 heteroatoms. The zero-order valence-electron chi connectivity index (χ0n) is 10.9. The van der Waals surface area contributed by atoms with Gasteiger partial charge in [-0.1, -0.05) is 6.92 Å². The fraction of sp³-hybridized carbons (Fsp3) is 0.357. The first-order valence-electron chi connectivity index (χ1n) is 6.05. The highest BCUT2D eigenvalue weighted by Gasteiger charge is 2.10. The van der Waals surface area contributed by atoms with Crippen molar-refractivity contribution in [3.8, 4) is 10.6 Å². The van der Waals surface area contributed by atoms with Crippen LogP contribution in [0.2, 0.25) is 0 Å². The minimum absolute atomic E-state index is 0.167. The van der Waals surface area contributed by atoms with E-state index in [-0.39, 0.29) is 5.82 Å². The number of nitrogens with one attached hydrogen (secondary N) is 1. The molecule has 96 valence electrons. The van der Waals surface area contributed by atoms with E-state index in [9.17, 15) is 4.39 Å². The summed E-state index contributed by atoms with van der Waals surface area (Å²) >= 11 is 1.67. The molecular formula is C14H17FN2S. The van der Waals surface area contributed by atoms with Crippen molar-refractivity contribution >= 4 is 11.3 Å². The highest BCUT2D eigenvalue weighted by molar-refractivity contribution is 7.15. The highest BCUT2D eigenvalue weighted by Crippen LogP contribution is 2.28. The van der Waals surface area contributed by atoms with E-state index in [1.54, 1.807) is 24.3 Å². The van der Waals surface area contributed by atoms with Gasteiger partial charge in [0.2, 0.25) is 0 Å². The maximum Gasteiger partial charge on any atom is 0.126 e. The van der Waals surface area contributed by atoms with Crippen LogP contribution in [0, 0.1) is 19.7 Å². The monoisotopic (exact) mass is 264 g/mol. The van der Waals surface area contributed by atoms with Crippen LogP contribution in [0.5, 0.6) is 0 Å². The molecule has 2 aromatic rings. The van der Waals surface area contributed by atoms with E-state index in [4.69, 9.17) is 0 Å². The van der Waals surface area contributed by atoms with Crippen LogP contribution in [0.25, 0.3) is 10.6 Å². The number of rotatable bonds is 4. The van der Waals surface area contributed by atoms with Gasteiger partial charge in [0, 0.05) is 17.0 Å². The molecule has 2 rings (SSSR count). The molecule has 0 amide bonds. The van der Waals surface area contributed by atoms with Crippen molar-refractivity contribution < 1.29 is 4.39 Å². The molecule has 0 radical (unpaired) electrons. The molecule has 0 saturated heterocycles. The van der Waals surface area contributed by atoms with Gasteiger partial charge in [0.25, 0.3) is 0 Å². The topological polar surface area (TPSA) is 24.9 Å². The fourth-order valence-corrected chi connectivity index (χ4v) is 2.76. The Balaban J connectivity index is 2.30. The van der Waals surface area contributed by atoms with Crippen molar-refractivity contribution in [3.05, 3.63) is 40.2 Å². The number of aromatic nitrogens is 1. The third-order valence-electron chi connectivity index (χ3n) is 2.83. The second-order valence-electron chi connectivity index (χ2n) is 4.27. The SMILES string of the molecule is CCNCc1sc(-c2ccc(F)c(C)c2)nc1C. The summed E-state index contributed by atoms with van der Waals surface area (Å²) in [5.41, 5.74) is 2.70. The Kier molecular flexibility index (Phi) is 4.09. The average Bonchev–Trinajstić information content (AvgIpc) is 2.72. The Morgan fingerprint density at radius 2 is 2.11 bits per heavy atom. The first-order chi connectivity index (χ1) is 8.61.